The summed E-state index contributed by atoms with van der Waals surface area (Å²) in [5, 5.41) is 13.1. The van der Waals surface area contributed by atoms with Crippen molar-refractivity contribution in [2.45, 2.75) is 50.6 Å². The van der Waals surface area contributed by atoms with Crippen molar-refractivity contribution in [2.75, 3.05) is 23.3 Å². The van der Waals surface area contributed by atoms with Crippen molar-refractivity contribution in [3.05, 3.63) is 92.2 Å². The molecule has 0 unspecified atom stereocenters. The van der Waals surface area contributed by atoms with Crippen LogP contribution >= 0.6 is 23.2 Å². The van der Waals surface area contributed by atoms with Crippen LogP contribution in [0.25, 0.3) is 0 Å². The molecule has 4 atom stereocenters. The van der Waals surface area contributed by atoms with E-state index in [-0.39, 0.29) is 34.0 Å². The van der Waals surface area contributed by atoms with E-state index in [1.165, 1.54) is 6.07 Å². The highest BCUT2D eigenvalue weighted by Crippen LogP contribution is 2.62. The number of halogens is 3. The van der Waals surface area contributed by atoms with Crippen molar-refractivity contribution in [1.29, 1.82) is 0 Å². The molecule has 3 aromatic rings. The number of nitrogens with one attached hydrogen (secondary N) is 1. The van der Waals surface area contributed by atoms with Gasteiger partial charge in [0, 0.05) is 47.0 Å². The number of carbonyl (C=O) groups excluding carboxylic acids is 2. The molecule has 0 aromatic heterocycles. The molecule has 7 rings (SSSR count). The summed E-state index contributed by atoms with van der Waals surface area (Å²) in [6.07, 6.45) is 2.62. The molecule has 3 fully saturated rings. The lowest BCUT2D eigenvalue weighted by atomic mass is 9.70. The molecule has 3 aliphatic heterocycles. The van der Waals surface area contributed by atoms with Crippen LogP contribution in [0.3, 0.4) is 0 Å². The smallest absolute Gasteiger partial charge is 0.336 e. The molecule has 2 saturated heterocycles. The molecule has 1 saturated carbocycles. The summed E-state index contributed by atoms with van der Waals surface area (Å²) in [5.74, 6) is -3.47. The monoisotopic (exact) mass is 621 g/mol. The van der Waals surface area contributed by atoms with Crippen molar-refractivity contribution in [2.24, 2.45) is 11.8 Å². The molecule has 0 radical (unpaired) electrons. The van der Waals surface area contributed by atoms with Gasteiger partial charge in [0.15, 0.2) is 0 Å². The number of carboxylic acids is 1. The first-order valence-electron chi connectivity index (χ1n) is 14.5. The van der Waals surface area contributed by atoms with Gasteiger partial charge in [0.25, 0.3) is 0 Å². The van der Waals surface area contributed by atoms with Crippen LogP contribution in [0.5, 0.6) is 0 Å². The third-order valence-corrected chi connectivity index (χ3v) is 10.3. The second-order valence-electron chi connectivity index (χ2n) is 12.3. The van der Waals surface area contributed by atoms with Gasteiger partial charge in [-0.1, -0.05) is 41.4 Å². The molecule has 0 bridgehead atoms. The van der Waals surface area contributed by atoms with E-state index in [0.29, 0.717) is 58.5 Å². The fourth-order valence-electron chi connectivity index (χ4n) is 7.92. The highest BCUT2D eigenvalue weighted by atomic mass is 35.5. The lowest BCUT2D eigenvalue weighted by molar-refractivity contribution is -0.128. The summed E-state index contributed by atoms with van der Waals surface area (Å²) < 4.78 is 16.1. The Kier molecular flexibility index (Phi) is 6.61. The van der Waals surface area contributed by atoms with Crippen molar-refractivity contribution in [1.82, 2.24) is 4.90 Å². The third kappa shape index (κ3) is 4.14. The van der Waals surface area contributed by atoms with Gasteiger partial charge in [-0.05, 0) is 86.1 Å². The highest BCUT2D eigenvalue weighted by Gasteiger charge is 2.70. The Labute approximate surface area is 258 Å². The molecule has 7 nitrogen and oxygen atoms in total. The number of aryl methyl sites for hydroxylation is 2. The molecule has 3 heterocycles. The van der Waals surface area contributed by atoms with Crippen molar-refractivity contribution in [3.8, 4) is 0 Å². The maximum Gasteiger partial charge on any atom is 0.336 e. The summed E-state index contributed by atoms with van der Waals surface area (Å²) in [7, 11) is 0. The van der Waals surface area contributed by atoms with Crippen LogP contribution < -0.4 is 10.2 Å². The minimum absolute atomic E-state index is 0.0739. The van der Waals surface area contributed by atoms with Crippen molar-refractivity contribution in [3.63, 3.8) is 0 Å². The number of hydrogen-bond donors (Lipinski definition) is 2. The fraction of sp³-hybridized carbons (Fsp3) is 0.364. The molecule has 2 amide bonds. The van der Waals surface area contributed by atoms with Crippen LogP contribution in [0.2, 0.25) is 10.0 Å². The molecule has 10 heteroatoms. The summed E-state index contributed by atoms with van der Waals surface area (Å²) in [5.41, 5.74) is 2.01. The quantitative estimate of drug-likeness (QED) is 0.338. The average molecular weight is 623 g/mol. The molecule has 2 N–H and O–H groups in total. The molecule has 1 aliphatic carbocycles. The number of carbonyl (C=O) groups is 3. The van der Waals surface area contributed by atoms with E-state index in [4.69, 9.17) is 23.2 Å². The number of aromatic carboxylic acids is 1. The van der Waals surface area contributed by atoms with Crippen LogP contribution in [0.15, 0.2) is 48.5 Å². The first-order valence-corrected chi connectivity index (χ1v) is 15.3. The molecule has 4 aliphatic rings. The number of carboxylic acid groups (broad SMARTS) is 1. The number of anilines is 2. The van der Waals surface area contributed by atoms with Gasteiger partial charge in [0.05, 0.1) is 16.5 Å². The Bertz CT molecular complexity index is 1700. The number of rotatable bonds is 5. The topological polar surface area (TPSA) is 90.0 Å². The zero-order valence-corrected chi connectivity index (χ0v) is 25.2. The Morgan fingerprint density at radius 3 is 2.47 bits per heavy atom. The minimum atomic E-state index is -1.35. The first kappa shape index (κ1) is 28.3. The zero-order chi connectivity index (χ0) is 30.4. The summed E-state index contributed by atoms with van der Waals surface area (Å²) >= 11 is 12.7. The van der Waals surface area contributed by atoms with Crippen molar-refractivity contribution >= 4 is 52.4 Å². The second-order valence-corrected chi connectivity index (χ2v) is 13.1. The standard InChI is InChI=1S/C33H30Cl2FN3O4/c1-16-12-20(13-17(2)26(16)31(41)42)38-11-10-25-27(30(38)40)28(21-4-3-5-23(35)29(21)36)33(39(25)15-18-6-7-18)22-9-8-19(34)14-24(22)37-32(33)43/h3-5,8-9,12-14,18,25,27-28H,6-7,10-11,15H2,1-2H3,(H,37,43)(H,41,42)/t25-,27+,28-,33+/m0/s1. The Morgan fingerprint density at radius 1 is 1.07 bits per heavy atom. The van der Waals surface area contributed by atoms with E-state index in [1.54, 1.807) is 55.1 Å². The van der Waals surface area contributed by atoms with E-state index in [2.05, 4.69) is 10.2 Å². The lowest BCUT2D eigenvalue weighted by Gasteiger charge is -2.40. The van der Waals surface area contributed by atoms with Crippen LogP contribution in [-0.2, 0) is 15.1 Å². The summed E-state index contributed by atoms with van der Waals surface area (Å²) in [4.78, 5) is 44.9. The van der Waals surface area contributed by atoms with E-state index in [0.717, 1.165) is 12.8 Å². The SMILES string of the molecule is Cc1cc(N2CC[C@H]3[C@@H](C2=O)[C@H](c2cccc(Cl)c2F)[C@]2(C(=O)Nc4cc(Cl)ccc42)N3CC2CC2)cc(C)c1C(=O)O. The summed E-state index contributed by atoms with van der Waals surface area (Å²) in [6, 6.07) is 13.1. The van der Waals surface area contributed by atoms with E-state index in [9.17, 15) is 19.5 Å². The number of piperidine rings is 1. The zero-order valence-electron chi connectivity index (χ0n) is 23.7. The summed E-state index contributed by atoms with van der Waals surface area (Å²) in [6.45, 7) is 4.42. The predicted octanol–water partition coefficient (Wildman–Crippen LogP) is 6.53. The number of nitrogens with zero attached hydrogens (tertiary/aromatic N) is 2. The van der Waals surface area contributed by atoms with Crippen molar-refractivity contribution < 1.29 is 23.9 Å². The lowest BCUT2D eigenvalue weighted by Crippen LogP contribution is -2.54. The van der Waals surface area contributed by atoms with Gasteiger partial charge in [-0.2, -0.15) is 0 Å². The molecular weight excluding hydrogens is 592 g/mol. The fourth-order valence-corrected chi connectivity index (χ4v) is 8.28. The van der Waals surface area contributed by atoms with E-state index >= 15 is 4.39 Å². The normalized spacial score (nSPS) is 26.5. The van der Waals surface area contributed by atoms with Gasteiger partial charge in [-0.3, -0.25) is 14.5 Å². The van der Waals surface area contributed by atoms with Gasteiger partial charge < -0.3 is 15.3 Å². The number of likely N-dealkylation sites (tertiary alicyclic amines) is 1. The highest BCUT2D eigenvalue weighted by molar-refractivity contribution is 6.31. The van der Waals surface area contributed by atoms with E-state index in [1.807, 2.05) is 6.07 Å². The maximum absolute atomic E-state index is 16.1. The molecule has 43 heavy (non-hydrogen) atoms. The number of amides is 2. The van der Waals surface area contributed by atoms with Crippen LogP contribution in [0.4, 0.5) is 15.8 Å². The largest absolute Gasteiger partial charge is 0.478 e. The molecule has 1 spiro atoms. The van der Waals surface area contributed by atoms with Crippen LogP contribution in [-0.4, -0.2) is 46.9 Å². The number of fused-ring (bicyclic) bond motifs is 3. The number of hydrogen-bond acceptors (Lipinski definition) is 4. The minimum Gasteiger partial charge on any atom is -0.478 e. The maximum atomic E-state index is 16.1. The first-order chi connectivity index (χ1) is 20.5. The Hall–Kier alpha value is -3.46. The van der Waals surface area contributed by atoms with Crippen LogP contribution in [0, 0.1) is 31.5 Å². The Morgan fingerprint density at radius 2 is 1.79 bits per heavy atom. The van der Waals surface area contributed by atoms with Gasteiger partial charge in [-0.15, -0.1) is 0 Å². The van der Waals surface area contributed by atoms with E-state index < -0.39 is 29.2 Å². The van der Waals surface area contributed by atoms with Crippen LogP contribution in [0.1, 0.15) is 57.8 Å². The molecular formula is C33H30Cl2FN3O4. The van der Waals surface area contributed by atoms with Gasteiger partial charge in [0.2, 0.25) is 11.8 Å². The Balaban J connectivity index is 1.44. The molecule has 222 valence electrons. The van der Waals surface area contributed by atoms with Gasteiger partial charge in [0.1, 0.15) is 11.4 Å². The number of benzene rings is 3. The molecule has 3 aromatic carbocycles. The second kappa shape index (κ2) is 10.0. The van der Waals surface area contributed by atoms with Gasteiger partial charge in [-0.25, -0.2) is 9.18 Å². The van der Waals surface area contributed by atoms with Gasteiger partial charge >= 0.3 is 5.97 Å². The third-order valence-electron chi connectivity index (χ3n) is 9.77. The average Bonchev–Trinajstić information content (AvgIpc) is 3.66. The predicted molar refractivity (Wildman–Crippen MR) is 162 cm³/mol.